The molecular formula is C13H20N2O4. The number of amides is 1. The van der Waals surface area contributed by atoms with E-state index < -0.39 is 11.7 Å². The highest BCUT2D eigenvalue weighted by atomic mass is 16.6. The largest absolute Gasteiger partial charge is 0.480 e. The number of aromatic nitrogens is 1. The first-order chi connectivity index (χ1) is 8.87. The number of methoxy groups -OCH3 is 1. The molecule has 6 nitrogen and oxygen atoms in total. The maximum absolute atomic E-state index is 11.8. The third-order valence-electron chi connectivity index (χ3n) is 2.20. The normalized spacial score (nSPS) is 11.0. The van der Waals surface area contributed by atoms with E-state index in [4.69, 9.17) is 14.6 Å². The molecule has 106 valence electrons. The monoisotopic (exact) mass is 268 g/mol. The number of rotatable bonds is 4. The van der Waals surface area contributed by atoms with Crippen molar-refractivity contribution in [3.05, 3.63) is 17.8 Å². The zero-order valence-corrected chi connectivity index (χ0v) is 11.7. The van der Waals surface area contributed by atoms with Crippen molar-refractivity contribution >= 4 is 11.8 Å². The molecule has 0 bridgehead atoms. The van der Waals surface area contributed by atoms with Gasteiger partial charge in [-0.3, -0.25) is 5.32 Å². The van der Waals surface area contributed by atoms with Crippen molar-refractivity contribution in [2.45, 2.75) is 32.8 Å². The minimum Gasteiger partial charge on any atom is -0.480 e. The number of pyridine rings is 1. The molecule has 2 N–H and O–H groups in total. The number of carbonyl (C=O) groups is 1. The SMILES string of the molecule is COc1nccc(CCO)c1NC(=O)OC(C)(C)C. The Morgan fingerprint density at radius 1 is 1.47 bits per heavy atom. The van der Waals surface area contributed by atoms with E-state index in [0.717, 1.165) is 5.56 Å². The fourth-order valence-electron chi connectivity index (χ4n) is 1.50. The van der Waals surface area contributed by atoms with Crippen molar-refractivity contribution in [3.63, 3.8) is 0 Å². The van der Waals surface area contributed by atoms with Gasteiger partial charge in [0.25, 0.3) is 0 Å². The quantitative estimate of drug-likeness (QED) is 0.872. The average molecular weight is 268 g/mol. The van der Waals surface area contributed by atoms with E-state index in [1.54, 1.807) is 33.0 Å². The molecule has 1 aromatic heterocycles. The summed E-state index contributed by atoms with van der Waals surface area (Å²) in [5, 5.41) is 11.6. The van der Waals surface area contributed by atoms with Crippen molar-refractivity contribution in [1.29, 1.82) is 0 Å². The molecule has 19 heavy (non-hydrogen) atoms. The number of aliphatic hydroxyl groups excluding tert-OH is 1. The van der Waals surface area contributed by atoms with Crippen LogP contribution in [-0.2, 0) is 11.2 Å². The minimum atomic E-state index is -0.587. The lowest BCUT2D eigenvalue weighted by molar-refractivity contribution is 0.0635. The summed E-state index contributed by atoms with van der Waals surface area (Å²) in [5.74, 6) is 0.289. The van der Waals surface area contributed by atoms with Gasteiger partial charge in [0.05, 0.1) is 7.11 Å². The van der Waals surface area contributed by atoms with Crippen LogP contribution in [0.3, 0.4) is 0 Å². The number of aliphatic hydroxyl groups is 1. The minimum absolute atomic E-state index is 0.0316. The number of hydrogen-bond donors (Lipinski definition) is 2. The Hall–Kier alpha value is -1.82. The molecule has 0 saturated heterocycles. The van der Waals surface area contributed by atoms with Gasteiger partial charge in [0.2, 0.25) is 5.88 Å². The summed E-state index contributed by atoms with van der Waals surface area (Å²) in [5.41, 5.74) is 0.574. The molecule has 0 spiro atoms. The first kappa shape index (κ1) is 15.2. The zero-order valence-electron chi connectivity index (χ0n) is 11.7. The van der Waals surface area contributed by atoms with Gasteiger partial charge in [-0.2, -0.15) is 0 Å². The third kappa shape index (κ3) is 4.75. The lowest BCUT2D eigenvalue weighted by Crippen LogP contribution is -2.27. The Bertz CT molecular complexity index is 441. The first-order valence-electron chi connectivity index (χ1n) is 6.00. The zero-order chi connectivity index (χ0) is 14.5. The lowest BCUT2D eigenvalue weighted by Gasteiger charge is -2.21. The van der Waals surface area contributed by atoms with Gasteiger partial charge in [0.1, 0.15) is 11.3 Å². The van der Waals surface area contributed by atoms with Crippen LogP contribution in [0.15, 0.2) is 12.3 Å². The van der Waals surface area contributed by atoms with Gasteiger partial charge >= 0.3 is 6.09 Å². The summed E-state index contributed by atoms with van der Waals surface area (Å²) in [6, 6.07) is 1.71. The second kappa shape index (κ2) is 6.38. The van der Waals surface area contributed by atoms with Crippen LogP contribution >= 0.6 is 0 Å². The van der Waals surface area contributed by atoms with E-state index >= 15 is 0 Å². The van der Waals surface area contributed by atoms with Gasteiger partial charge in [-0.25, -0.2) is 9.78 Å². The molecule has 0 unspecified atom stereocenters. The summed E-state index contributed by atoms with van der Waals surface area (Å²) >= 11 is 0. The maximum Gasteiger partial charge on any atom is 0.412 e. The molecule has 1 heterocycles. The van der Waals surface area contributed by atoms with Gasteiger partial charge in [0.15, 0.2) is 0 Å². The van der Waals surface area contributed by atoms with Crippen molar-refractivity contribution in [2.75, 3.05) is 19.0 Å². The highest BCUT2D eigenvalue weighted by Crippen LogP contribution is 2.26. The van der Waals surface area contributed by atoms with Crippen LogP contribution in [0.1, 0.15) is 26.3 Å². The number of nitrogens with one attached hydrogen (secondary N) is 1. The molecule has 0 atom stereocenters. The molecule has 0 radical (unpaired) electrons. The van der Waals surface area contributed by atoms with E-state index in [-0.39, 0.29) is 12.5 Å². The van der Waals surface area contributed by atoms with Crippen molar-refractivity contribution in [3.8, 4) is 5.88 Å². The molecule has 0 aliphatic carbocycles. The van der Waals surface area contributed by atoms with Crippen LogP contribution in [0, 0.1) is 0 Å². The smallest absolute Gasteiger partial charge is 0.412 e. The summed E-state index contributed by atoms with van der Waals surface area (Å²) in [4.78, 5) is 15.8. The van der Waals surface area contributed by atoms with E-state index in [2.05, 4.69) is 10.3 Å². The van der Waals surface area contributed by atoms with Gasteiger partial charge < -0.3 is 14.6 Å². The summed E-state index contributed by atoms with van der Waals surface area (Å²) in [6.07, 6.45) is 1.37. The maximum atomic E-state index is 11.8. The van der Waals surface area contributed by atoms with Gasteiger partial charge in [0, 0.05) is 12.8 Å². The third-order valence-corrected chi connectivity index (χ3v) is 2.20. The fraction of sp³-hybridized carbons (Fsp3) is 0.538. The van der Waals surface area contributed by atoms with E-state index in [1.165, 1.54) is 7.11 Å². The number of nitrogens with zero attached hydrogens (tertiary/aromatic N) is 1. The molecule has 1 aromatic rings. The Kier molecular flexibility index (Phi) is 5.11. The summed E-state index contributed by atoms with van der Waals surface area (Å²) in [7, 11) is 1.46. The highest BCUT2D eigenvalue weighted by Gasteiger charge is 2.19. The van der Waals surface area contributed by atoms with E-state index in [1.807, 2.05) is 0 Å². The molecule has 1 rings (SSSR count). The first-order valence-corrected chi connectivity index (χ1v) is 6.00. The molecule has 0 aliphatic rings. The molecule has 1 amide bonds. The highest BCUT2D eigenvalue weighted by molar-refractivity contribution is 5.87. The molecule has 0 aliphatic heterocycles. The Balaban J connectivity index is 2.94. The van der Waals surface area contributed by atoms with Crippen molar-refractivity contribution in [1.82, 2.24) is 4.98 Å². The number of anilines is 1. The predicted octanol–water partition coefficient (Wildman–Crippen LogP) is 1.97. The molecular weight excluding hydrogens is 248 g/mol. The Morgan fingerprint density at radius 2 is 2.16 bits per heavy atom. The van der Waals surface area contributed by atoms with Crippen molar-refractivity contribution < 1.29 is 19.4 Å². The van der Waals surface area contributed by atoms with Gasteiger partial charge in [-0.05, 0) is 38.8 Å². The number of ether oxygens (including phenoxy) is 2. The van der Waals surface area contributed by atoms with Crippen LogP contribution in [0.4, 0.5) is 10.5 Å². The lowest BCUT2D eigenvalue weighted by atomic mass is 10.1. The van der Waals surface area contributed by atoms with Crippen LogP contribution in [0.25, 0.3) is 0 Å². The van der Waals surface area contributed by atoms with Crippen LogP contribution in [-0.4, -0.2) is 35.5 Å². The predicted molar refractivity (Wildman–Crippen MR) is 71.4 cm³/mol. The van der Waals surface area contributed by atoms with Crippen LogP contribution in [0.2, 0.25) is 0 Å². The average Bonchev–Trinajstić information content (AvgIpc) is 2.29. The van der Waals surface area contributed by atoms with Gasteiger partial charge in [-0.15, -0.1) is 0 Å². The molecule has 0 saturated carbocycles. The van der Waals surface area contributed by atoms with E-state index in [0.29, 0.717) is 12.1 Å². The topological polar surface area (TPSA) is 80.7 Å². The van der Waals surface area contributed by atoms with Crippen LogP contribution < -0.4 is 10.1 Å². The Labute approximate surface area is 112 Å². The molecule has 0 fully saturated rings. The molecule has 6 heteroatoms. The second-order valence-corrected chi connectivity index (χ2v) is 4.95. The summed E-state index contributed by atoms with van der Waals surface area (Å²) in [6.45, 7) is 5.31. The number of hydrogen-bond acceptors (Lipinski definition) is 5. The standard InChI is InChI=1S/C13H20N2O4/c1-13(2,3)19-12(17)15-10-9(6-8-16)5-7-14-11(10)18-4/h5,7,16H,6,8H2,1-4H3,(H,15,17). The fourth-order valence-corrected chi connectivity index (χ4v) is 1.50. The van der Waals surface area contributed by atoms with Crippen LogP contribution in [0.5, 0.6) is 5.88 Å². The van der Waals surface area contributed by atoms with Gasteiger partial charge in [-0.1, -0.05) is 0 Å². The Morgan fingerprint density at radius 3 is 2.68 bits per heavy atom. The van der Waals surface area contributed by atoms with Crippen molar-refractivity contribution in [2.24, 2.45) is 0 Å². The number of carbonyl (C=O) groups excluding carboxylic acids is 1. The summed E-state index contributed by atoms with van der Waals surface area (Å²) < 4.78 is 10.3. The second-order valence-electron chi connectivity index (χ2n) is 4.95. The molecule has 0 aromatic carbocycles. The van der Waals surface area contributed by atoms with E-state index in [9.17, 15) is 4.79 Å².